The summed E-state index contributed by atoms with van der Waals surface area (Å²) in [6.07, 6.45) is 83.8. The molecule has 0 radical (unpaired) electrons. The van der Waals surface area contributed by atoms with Crippen LogP contribution < -0.4 is 5.32 Å². The lowest BCUT2D eigenvalue weighted by atomic mass is 10.0. The molecule has 6 heteroatoms. The second kappa shape index (κ2) is 65.6. The first kappa shape index (κ1) is 74.1. The number of allylic oxidation sites excluding steroid dienone is 5. The third-order valence-electron chi connectivity index (χ3n) is 15.9. The van der Waals surface area contributed by atoms with Crippen molar-refractivity contribution >= 4 is 11.9 Å². The number of aliphatic hydroxyl groups excluding tert-OH is 2. The highest BCUT2D eigenvalue weighted by Gasteiger charge is 2.18. The number of ether oxygens (including phenoxy) is 1. The predicted octanol–water partition coefficient (Wildman–Crippen LogP) is 21.9. The molecule has 0 heterocycles. The van der Waals surface area contributed by atoms with Gasteiger partial charge in [0.05, 0.1) is 25.4 Å². The minimum atomic E-state index is -0.840. The summed E-state index contributed by atoms with van der Waals surface area (Å²) in [5.41, 5.74) is 0. The number of esters is 1. The van der Waals surface area contributed by atoms with Gasteiger partial charge in [0.2, 0.25) is 5.91 Å². The van der Waals surface area contributed by atoms with Crippen molar-refractivity contribution in [2.45, 2.75) is 386 Å². The van der Waals surface area contributed by atoms with E-state index in [4.69, 9.17) is 4.74 Å². The molecule has 0 bridgehead atoms. The Morgan fingerprint density at radius 2 is 0.618 bits per heavy atom. The summed E-state index contributed by atoms with van der Waals surface area (Å²) in [4.78, 5) is 24.5. The maximum absolute atomic E-state index is 12.4. The molecule has 0 aromatic heterocycles. The Morgan fingerprint density at radius 1 is 0.355 bits per heavy atom. The number of hydrogen-bond acceptors (Lipinski definition) is 5. The first-order valence-corrected chi connectivity index (χ1v) is 34.3. The molecule has 0 spiro atoms. The molecule has 76 heavy (non-hydrogen) atoms. The maximum Gasteiger partial charge on any atom is 0.305 e. The van der Waals surface area contributed by atoms with E-state index in [9.17, 15) is 19.8 Å². The summed E-state index contributed by atoms with van der Waals surface area (Å²) < 4.78 is 5.50. The van der Waals surface area contributed by atoms with Gasteiger partial charge in [-0.05, 0) is 83.5 Å². The molecule has 0 aromatic carbocycles. The third kappa shape index (κ3) is 61.3. The van der Waals surface area contributed by atoms with Crippen molar-refractivity contribution in [1.29, 1.82) is 0 Å². The summed E-state index contributed by atoms with van der Waals surface area (Å²) >= 11 is 0. The van der Waals surface area contributed by atoms with Gasteiger partial charge in [0.15, 0.2) is 0 Å². The monoisotopic (exact) mass is 1070 g/mol. The Bertz CT molecular complexity index is 1230. The molecule has 2 unspecified atom stereocenters. The van der Waals surface area contributed by atoms with Crippen LogP contribution in [0.3, 0.4) is 0 Å². The highest BCUT2D eigenvalue weighted by atomic mass is 16.5. The molecule has 0 fully saturated rings. The van der Waals surface area contributed by atoms with Crippen molar-refractivity contribution in [3.63, 3.8) is 0 Å². The Labute approximate surface area is 474 Å². The van der Waals surface area contributed by atoms with E-state index in [1.807, 2.05) is 6.08 Å². The minimum Gasteiger partial charge on any atom is -0.466 e. The van der Waals surface area contributed by atoms with Crippen LogP contribution in [0, 0.1) is 0 Å². The molecule has 0 aliphatic heterocycles. The average molecular weight is 1070 g/mol. The van der Waals surface area contributed by atoms with Crippen molar-refractivity contribution in [3.05, 3.63) is 36.5 Å². The van der Waals surface area contributed by atoms with E-state index in [-0.39, 0.29) is 18.5 Å². The van der Waals surface area contributed by atoms with Crippen molar-refractivity contribution in [3.8, 4) is 0 Å². The molecule has 0 aliphatic carbocycles. The summed E-state index contributed by atoms with van der Waals surface area (Å²) in [7, 11) is 0. The highest BCUT2D eigenvalue weighted by Crippen LogP contribution is 2.18. The van der Waals surface area contributed by atoms with Crippen molar-refractivity contribution in [1.82, 2.24) is 5.32 Å². The van der Waals surface area contributed by atoms with Gasteiger partial charge in [-0.25, -0.2) is 0 Å². The lowest BCUT2D eigenvalue weighted by molar-refractivity contribution is -0.143. The van der Waals surface area contributed by atoms with Gasteiger partial charge in [-0.3, -0.25) is 9.59 Å². The Kier molecular flexibility index (Phi) is 63.9. The van der Waals surface area contributed by atoms with Crippen LogP contribution in [0.1, 0.15) is 373 Å². The largest absolute Gasteiger partial charge is 0.466 e. The van der Waals surface area contributed by atoms with Gasteiger partial charge in [0, 0.05) is 12.8 Å². The number of aliphatic hydroxyl groups is 2. The van der Waals surface area contributed by atoms with Gasteiger partial charge >= 0.3 is 5.97 Å². The van der Waals surface area contributed by atoms with E-state index < -0.39 is 12.1 Å². The molecule has 3 N–H and O–H groups in total. The lowest BCUT2D eigenvalue weighted by Gasteiger charge is -2.20. The molecule has 448 valence electrons. The van der Waals surface area contributed by atoms with Gasteiger partial charge in [0.25, 0.3) is 0 Å². The zero-order valence-corrected chi connectivity index (χ0v) is 51.3. The van der Waals surface area contributed by atoms with Crippen LogP contribution in [0.15, 0.2) is 36.5 Å². The molecule has 0 saturated carbocycles. The summed E-state index contributed by atoms with van der Waals surface area (Å²) in [6, 6.07) is -0.624. The summed E-state index contributed by atoms with van der Waals surface area (Å²) in [5.74, 6) is -0.0519. The molecule has 0 saturated heterocycles. The number of rotatable bonds is 64. The zero-order chi connectivity index (χ0) is 55.0. The lowest BCUT2D eigenvalue weighted by Crippen LogP contribution is -2.45. The number of unbranched alkanes of at least 4 members (excludes halogenated alkanes) is 49. The molecular formula is C70H133NO5. The van der Waals surface area contributed by atoms with Gasteiger partial charge in [-0.2, -0.15) is 0 Å². The SMILES string of the molecule is CCCCCCCCC/C=C\CCCCCCCCCC(=O)OCCCCCCCCCCCCCC/C=C\CCCCCCCCCCCCCCCCCCC(=O)NC(CO)C(O)/C=C/CCCCCCCCC. The topological polar surface area (TPSA) is 95.9 Å². The first-order valence-electron chi connectivity index (χ1n) is 34.3. The first-order chi connectivity index (χ1) is 37.5. The van der Waals surface area contributed by atoms with Crippen molar-refractivity contribution in [2.75, 3.05) is 13.2 Å². The average Bonchev–Trinajstić information content (AvgIpc) is 3.42. The highest BCUT2D eigenvalue weighted by molar-refractivity contribution is 5.76. The fraction of sp³-hybridized carbons (Fsp3) is 0.886. The van der Waals surface area contributed by atoms with Crippen LogP contribution in [0.25, 0.3) is 0 Å². The van der Waals surface area contributed by atoms with Gasteiger partial charge in [-0.1, -0.05) is 314 Å². The summed E-state index contributed by atoms with van der Waals surface area (Å²) in [5, 5.41) is 23.0. The van der Waals surface area contributed by atoms with E-state index in [0.717, 1.165) is 44.9 Å². The Hall–Kier alpha value is -1.92. The van der Waals surface area contributed by atoms with Gasteiger partial charge < -0.3 is 20.3 Å². The number of carbonyl (C=O) groups is 2. The Morgan fingerprint density at radius 3 is 0.934 bits per heavy atom. The molecule has 0 aliphatic rings. The van der Waals surface area contributed by atoms with E-state index in [0.29, 0.717) is 19.4 Å². The Balaban J connectivity index is 3.33. The minimum absolute atomic E-state index is 0.0152. The van der Waals surface area contributed by atoms with E-state index in [1.54, 1.807) is 6.08 Å². The van der Waals surface area contributed by atoms with Crippen LogP contribution in [0.2, 0.25) is 0 Å². The zero-order valence-electron chi connectivity index (χ0n) is 51.3. The molecular weight excluding hydrogens is 935 g/mol. The van der Waals surface area contributed by atoms with E-state index in [1.165, 1.54) is 302 Å². The molecule has 0 aromatic rings. The second-order valence-electron chi connectivity index (χ2n) is 23.5. The van der Waals surface area contributed by atoms with Crippen LogP contribution in [-0.2, 0) is 14.3 Å². The fourth-order valence-electron chi connectivity index (χ4n) is 10.6. The van der Waals surface area contributed by atoms with E-state index in [2.05, 4.69) is 43.5 Å². The third-order valence-corrected chi connectivity index (χ3v) is 15.9. The molecule has 2 atom stereocenters. The molecule has 6 nitrogen and oxygen atoms in total. The van der Waals surface area contributed by atoms with Crippen molar-refractivity contribution in [2.24, 2.45) is 0 Å². The molecule has 0 rings (SSSR count). The van der Waals surface area contributed by atoms with E-state index >= 15 is 0 Å². The number of carbonyl (C=O) groups excluding carboxylic acids is 2. The fourth-order valence-corrected chi connectivity index (χ4v) is 10.6. The number of amides is 1. The standard InChI is InChI=1S/C70H133NO5/c1-3-5-7-9-11-13-14-15-16-17-35-38-41-44-48-52-56-60-64-70(75)76-65-61-57-53-49-45-42-39-36-33-31-29-27-25-23-21-19-18-20-22-24-26-28-30-32-34-37-40-43-47-51-55-59-63-69(74)71-67(66-72)68(73)62-58-54-50-46-12-10-8-6-4-2/h16-17,21,23,58,62,67-68,72-73H,3-15,18-20,22,24-57,59-61,63-66H2,1-2H3,(H,71,74)/b17-16-,23-21-,62-58+. The number of hydrogen-bond donors (Lipinski definition) is 3. The van der Waals surface area contributed by atoms with Crippen LogP contribution in [0.4, 0.5) is 0 Å². The summed E-state index contributed by atoms with van der Waals surface area (Å²) in [6.45, 7) is 4.89. The van der Waals surface area contributed by atoms with Crippen LogP contribution in [0.5, 0.6) is 0 Å². The molecule has 1 amide bonds. The predicted molar refractivity (Wildman–Crippen MR) is 333 cm³/mol. The number of nitrogens with one attached hydrogen (secondary N) is 1. The van der Waals surface area contributed by atoms with Gasteiger partial charge in [0.1, 0.15) is 0 Å². The maximum atomic E-state index is 12.4. The second-order valence-corrected chi connectivity index (χ2v) is 23.5. The smallest absolute Gasteiger partial charge is 0.305 e. The quantitative estimate of drug-likeness (QED) is 0.0320. The van der Waals surface area contributed by atoms with Crippen molar-refractivity contribution < 1.29 is 24.5 Å². The van der Waals surface area contributed by atoms with Crippen LogP contribution >= 0.6 is 0 Å². The normalized spacial score (nSPS) is 12.7. The van der Waals surface area contributed by atoms with Crippen LogP contribution in [-0.4, -0.2) is 47.4 Å². The van der Waals surface area contributed by atoms with Gasteiger partial charge in [-0.15, -0.1) is 0 Å².